The Kier molecular flexibility index (Phi) is 2.69. The zero-order valence-electron chi connectivity index (χ0n) is 11.9. The van der Waals surface area contributed by atoms with Crippen molar-refractivity contribution in [2.75, 3.05) is 0 Å². The van der Waals surface area contributed by atoms with Gasteiger partial charge in [0.25, 0.3) is 0 Å². The molecule has 0 N–H and O–H groups in total. The Morgan fingerprint density at radius 2 is 1.90 bits per heavy atom. The Balaban J connectivity index is 2.40. The van der Waals surface area contributed by atoms with Crippen molar-refractivity contribution in [3.63, 3.8) is 0 Å². The zero-order valence-corrected chi connectivity index (χ0v) is 11.9. The lowest BCUT2D eigenvalue weighted by molar-refractivity contribution is -0.711. The van der Waals surface area contributed by atoms with E-state index in [0.717, 1.165) is 11.4 Å². The van der Waals surface area contributed by atoms with Gasteiger partial charge in [-0.15, -0.1) is 4.58 Å². The van der Waals surface area contributed by atoms with Crippen LogP contribution in [0.25, 0.3) is 10.8 Å². The summed E-state index contributed by atoms with van der Waals surface area (Å²) < 4.78 is 1.81. The molecule has 3 rings (SSSR count). The number of hydrogen-bond acceptors (Lipinski definition) is 2. The van der Waals surface area contributed by atoms with Crippen LogP contribution in [-0.2, 0) is 10.3 Å². The molecule has 0 atom stereocenters. The fourth-order valence-electron chi connectivity index (χ4n) is 3.10. The van der Waals surface area contributed by atoms with Crippen LogP contribution in [0.3, 0.4) is 0 Å². The van der Waals surface area contributed by atoms with E-state index >= 15 is 0 Å². The molecule has 3 nitrogen and oxygen atoms in total. The predicted octanol–water partition coefficient (Wildman–Crippen LogP) is 3.00. The van der Waals surface area contributed by atoms with E-state index in [9.17, 15) is 5.26 Å². The molecule has 2 aromatic carbocycles. The maximum absolute atomic E-state index is 10.8. The summed E-state index contributed by atoms with van der Waals surface area (Å²) in [5, 5.41) is 13.2. The van der Waals surface area contributed by atoms with Gasteiger partial charge in [-0.05, 0) is 30.7 Å². The quantitative estimate of drug-likeness (QED) is 0.363. The summed E-state index contributed by atoms with van der Waals surface area (Å²) >= 11 is 0. The average molecular weight is 267 g/mol. The molecule has 0 amide bonds. The van der Waals surface area contributed by atoms with E-state index in [2.05, 4.69) is 43.5 Å². The molecular weight excluding hydrogens is 250 g/mol. The van der Waals surface area contributed by atoms with E-state index in [1.165, 1.54) is 16.3 Å². The fourth-order valence-corrected chi connectivity index (χ4v) is 3.10. The normalized spacial score (nSPS) is 16.4. The summed E-state index contributed by atoms with van der Waals surface area (Å²) in [7, 11) is 0. The van der Waals surface area contributed by atoms with E-state index in [4.69, 9.17) is 0 Å². The molecule has 0 saturated heterocycles. The van der Waals surface area contributed by atoms with Crippen molar-refractivity contribution in [1.29, 1.82) is 0 Å². The van der Waals surface area contributed by atoms with Gasteiger partial charge >= 0.3 is 5.88 Å². The van der Waals surface area contributed by atoms with Crippen molar-refractivity contribution in [2.45, 2.75) is 26.2 Å². The Morgan fingerprint density at radius 3 is 2.60 bits per heavy atom. The molecule has 0 bridgehead atoms. The number of fused-ring (bicyclic) bond motifs is 3. The largest absolute Gasteiger partial charge is 0.659 e. The van der Waals surface area contributed by atoms with Crippen molar-refractivity contribution in [3.05, 3.63) is 54.4 Å². The Labute approximate surface area is 118 Å². The lowest BCUT2D eigenvalue weighted by Crippen LogP contribution is -2.27. The lowest BCUT2D eigenvalue weighted by atomic mass is 9.80. The topological polar surface area (TPSA) is 35.3 Å². The molecule has 0 unspecified atom stereocenters. The molecule has 1 aliphatic rings. The van der Waals surface area contributed by atoms with Crippen molar-refractivity contribution < 1.29 is 14.7 Å². The summed E-state index contributed by atoms with van der Waals surface area (Å²) in [5.74, 6) is 0.115. The highest BCUT2D eigenvalue weighted by atomic mass is 17.1. The third-order valence-electron chi connectivity index (χ3n) is 4.36. The molecule has 2 aromatic rings. The van der Waals surface area contributed by atoms with E-state index in [0.29, 0.717) is 0 Å². The molecule has 0 fully saturated rings. The van der Waals surface area contributed by atoms with Crippen LogP contribution in [0.1, 0.15) is 26.3 Å². The fraction of sp³-hybridized carbons (Fsp3) is 0.235. The minimum atomic E-state index is -0.169. The van der Waals surface area contributed by atoms with Crippen LogP contribution >= 0.6 is 0 Å². The second-order valence-corrected chi connectivity index (χ2v) is 5.70. The standard InChI is InChI=1S/C17H17NO2/c1-11-17(3,4)16-14-8-6-5-7-13(14)9-10-15(16)18(11)12(2)20-19/h5-10H,2H2,1,3-4H3. The number of rotatable bonds is 2. The van der Waals surface area contributed by atoms with Crippen molar-refractivity contribution in [1.82, 2.24) is 0 Å². The lowest BCUT2D eigenvalue weighted by Gasteiger charge is -2.17. The van der Waals surface area contributed by atoms with E-state index < -0.39 is 0 Å². The van der Waals surface area contributed by atoms with Crippen LogP contribution in [-0.4, -0.2) is 10.3 Å². The van der Waals surface area contributed by atoms with Gasteiger partial charge in [-0.2, -0.15) is 0 Å². The highest BCUT2D eigenvalue weighted by Crippen LogP contribution is 2.44. The first-order valence-electron chi connectivity index (χ1n) is 6.63. The van der Waals surface area contributed by atoms with Gasteiger partial charge in [0.15, 0.2) is 5.71 Å². The smallest absolute Gasteiger partial charge is 0.360 e. The second kappa shape index (κ2) is 4.18. The van der Waals surface area contributed by atoms with Gasteiger partial charge in [0, 0.05) is 25.1 Å². The van der Waals surface area contributed by atoms with Gasteiger partial charge < -0.3 is 10.1 Å². The molecule has 0 radical (unpaired) electrons. The minimum Gasteiger partial charge on any atom is -0.659 e. The SMILES string of the molecule is C=C(O[O-])[N+]1=C(C)C(C)(C)c2c1ccc1ccccc21. The van der Waals surface area contributed by atoms with Crippen LogP contribution < -0.4 is 5.26 Å². The van der Waals surface area contributed by atoms with Crippen LogP contribution in [0.15, 0.2) is 48.9 Å². The zero-order chi connectivity index (χ0) is 14.5. The molecule has 1 heterocycles. The second-order valence-electron chi connectivity index (χ2n) is 5.70. The van der Waals surface area contributed by atoms with Gasteiger partial charge in [-0.3, -0.25) is 0 Å². The van der Waals surface area contributed by atoms with Crippen molar-refractivity contribution in [3.8, 4) is 0 Å². The van der Waals surface area contributed by atoms with Crippen LogP contribution in [0.5, 0.6) is 0 Å². The number of benzene rings is 2. The summed E-state index contributed by atoms with van der Waals surface area (Å²) in [6, 6.07) is 12.4. The van der Waals surface area contributed by atoms with Gasteiger partial charge in [0.2, 0.25) is 5.69 Å². The summed E-state index contributed by atoms with van der Waals surface area (Å²) in [4.78, 5) is 4.13. The first kappa shape index (κ1) is 12.9. The van der Waals surface area contributed by atoms with Crippen LogP contribution in [0, 0.1) is 0 Å². The van der Waals surface area contributed by atoms with Gasteiger partial charge in [0.1, 0.15) is 0 Å². The van der Waals surface area contributed by atoms with Crippen LogP contribution in [0.2, 0.25) is 0 Å². The summed E-state index contributed by atoms with van der Waals surface area (Å²) in [6.07, 6.45) is 0. The molecule has 0 aliphatic carbocycles. The molecule has 3 heteroatoms. The maximum atomic E-state index is 10.8. The number of hydrogen-bond donors (Lipinski definition) is 0. The summed E-state index contributed by atoms with van der Waals surface area (Å²) in [5.41, 5.74) is 3.07. The van der Waals surface area contributed by atoms with Crippen molar-refractivity contribution in [2.24, 2.45) is 0 Å². The van der Waals surface area contributed by atoms with Gasteiger partial charge in [-0.25, -0.2) is 0 Å². The molecular formula is C17H17NO2. The summed E-state index contributed by atoms with van der Waals surface area (Å²) in [6.45, 7) is 10.1. The maximum Gasteiger partial charge on any atom is 0.360 e. The van der Waals surface area contributed by atoms with Crippen LogP contribution in [0.4, 0.5) is 5.69 Å². The molecule has 1 aliphatic heterocycles. The van der Waals surface area contributed by atoms with E-state index in [1.807, 2.05) is 29.7 Å². The Hall–Kier alpha value is -2.13. The Bertz CT molecular complexity index is 757. The van der Waals surface area contributed by atoms with Gasteiger partial charge in [-0.1, -0.05) is 24.3 Å². The molecule has 102 valence electrons. The molecule has 20 heavy (non-hydrogen) atoms. The molecule has 0 saturated carbocycles. The average Bonchev–Trinajstić information content (AvgIpc) is 2.66. The molecule has 0 aromatic heterocycles. The Morgan fingerprint density at radius 1 is 1.20 bits per heavy atom. The third-order valence-corrected chi connectivity index (χ3v) is 4.36. The highest BCUT2D eigenvalue weighted by molar-refractivity contribution is 6.01. The monoisotopic (exact) mass is 267 g/mol. The predicted molar refractivity (Wildman–Crippen MR) is 77.8 cm³/mol. The highest BCUT2D eigenvalue weighted by Gasteiger charge is 2.45. The van der Waals surface area contributed by atoms with E-state index in [-0.39, 0.29) is 11.3 Å². The first-order valence-corrected chi connectivity index (χ1v) is 6.63. The van der Waals surface area contributed by atoms with Gasteiger partial charge in [0.05, 0.1) is 5.41 Å². The third kappa shape index (κ3) is 1.53. The molecule has 0 spiro atoms. The van der Waals surface area contributed by atoms with Crippen molar-refractivity contribution >= 4 is 22.2 Å². The van der Waals surface area contributed by atoms with E-state index in [1.54, 1.807) is 0 Å². The number of nitrogens with zero attached hydrogens (tertiary/aromatic N) is 1. The first-order chi connectivity index (χ1) is 9.48. The minimum absolute atomic E-state index is 0.115.